The highest BCUT2D eigenvalue weighted by molar-refractivity contribution is 5.79. The van der Waals surface area contributed by atoms with Gasteiger partial charge in [-0.2, -0.15) is 5.10 Å². The van der Waals surface area contributed by atoms with Crippen molar-refractivity contribution in [2.24, 2.45) is 5.10 Å². The summed E-state index contributed by atoms with van der Waals surface area (Å²) in [5.41, 5.74) is 9.00. The van der Waals surface area contributed by atoms with E-state index in [2.05, 4.69) is 60.9 Å². The Morgan fingerprint density at radius 1 is 1.26 bits per heavy atom. The van der Waals surface area contributed by atoms with Gasteiger partial charge >= 0.3 is 0 Å². The molecule has 0 aliphatic heterocycles. The molecule has 1 aromatic heterocycles. The maximum atomic E-state index is 5.80. The molecule has 0 atom stereocenters. The molecular formula is C18H27N5. The van der Waals surface area contributed by atoms with Crippen LogP contribution in [0.5, 0.6) is 0 Å². The lowest BCUT2D eigenvalue weighted by molar-refractivity contribution is 0.166. The smallest absolute Gasteiger partial charge is 0.221 e. The summed E-state index contributed by atoms with van der Waals surface area (Å²) in [7, 11) is 0. The van der Waals surface area contributed by atoms with Crippen LogP contribution in [0.15, 0.2) is 35.6 Å². The van der Waals surface area contributed by atoms with Gasteiger partial charge in [-0.15, -0.1) is 0 Å². The molecule has 0 amide bonds. The molecule has 0 saturated carbocycles. The van der Waals surface area contributed by atoms with Gasteiger partial charge in [0.05, 0.1) is 18.1 Å². The normalized spacial score (nSPS) is 12.2. The van der Waals surface area contributed by atoms with Crippen molar-refractivity contribution in [1.29, 1.82) is 0 Å². The lowest BCUT2D eigenvalue weighted by atomic mass is 10.1. The van der Waals surface area contributed by atoms with E-state index in [0.717, 1.165) is 17.8 Å². The molecule has 0 bridgehead atoms. The van der Waals surface area contributed by atoms with E-state index in [1.807, 2.05) is 25.4 Å². The second-order valence-electron chi connectivity index (χ2n) is 6.43. The number of aromatic nitrogens is 2. The molecule has 23 heavy (non-hydrogen) atoms. The lowest BCUT2D eigenvalue weighted by Crippen LogP contribution is -2.36. The molecule has 124 valence electrons. The third kappa shape index (κ3) is 4.66. The van der Waals surface area contributed by atoms with E-state index in [-0.39, 0.29) is 0 Å². The first-order chi connectivity index (χ1) is 10.9. The predicted molar refractivity (Wildman–Crippen MR) is 96.6 cm³/mol. The summed E-state index contributed by atoms with van der Waals surface area (Å²) in [4.78, 5) is 6.61. The van der Waals surface area contributed by atoms with E-state index in [9.17, 15) is 0 Å². The summed E-state index contributed by atoms with van der Waals surface area (Å²) in [5.74, 6) is 0.403. The molecule has 1 aromatic carbocycles. The maximum absolute atomic E-state index is 5.80. The second kappa shape index (κ2) is 7.42. The topological polar surface area (TPSA) is 59.4 Å². The van der Waals surface area contributed by atoms with E-state index in [0.29, 0.717) is 18.0 Å². The second-order valence-corrected chi connectivity index (χ2v) is 6.43. The number of rotatable bonds is 6. The highest BCUT2D eigenvalue weighted by Crippen LogP contribution is 2.13. The number of hydrogen-bond donors (Lipinski definition) is 1. The quantitative estimate of drug-likeness (QED) is 0.833. The molecule has 2 N–H and O–H groups in total. The Hall–Kier alpha value is -2.14. The fraction of sp³-hybridized carbons (Fsp3) is 0.444. The van der Waals surface area contributed by atoms with E-state index in [1.54, 1.807) is 4.68 Å². The van der Waals surface area contributed by atoms with Gasteiger partial charge in [-0.25, -0.2) is 9.66 Å². The van der Waals surface area contributed by atoms with Gasteiger partial charge in [0.1, 0.15) is 0 Å². The number of imidazole rings is 1. The molecule has 0 fully saturated rings. The first kappa shape index (κ1) is 17.2. The standard InChI is InChI=1S/C18H27N5/c1-13(2)22(14(3)4)12-17-8-6-7-16(9-17)10-20-23-11-15(5)21-18(23)19/h6-11,13-14H,12H2,1-5H3,(H2,19,21). The molecule has 5 nitrogen and oxygen atoms in total. The van der Waals surface area contributed by atoms with Gasteiger partial charge < -0.3 is 5.73 Å². The Morgan fingerprint density at radius 2 is 1.96 bits per heavy atom. The summed E-state index contributed by atoms with van der Waals surface area (Å²) in [6, 6.07) is 9.47. The highest BCUT2D eigenvalue weighted by atomic mass is 15.4. The van der Waals surface area contributed by atoms with Crippen LogP contribution in [0.2, 0.25) is 0 Å². The fourth-order valence-corrected chi connectivity index (χ4v) is 2.67. The minimum absolute atomic E-state index is 0.403. The minimum atomic E-state index is 0.403. The van der Waals surface area contributed by atoms with Crippen molar-refractivity contribution in [3.63, 3.8) is 0 Å². The molecule has 0 spiro atoms. The van der Waals surface area contributed by atoms with Crippen LogP contribution < -0.4 is 5.73 Å². The van der Waals surface area contributed by atoms with Gasteiger partial charge in [0.25, 0.3) is 0 Å². The third-order valence-electron chi connectivity index (χ3n) is 3.81. The van der Waals surface area contributed by atoms with Gasteiger partial charge in [0.15, 0.2) is 0 Å². The average Bonchev–Trinajstić information content (AvgIpc) is 2.80. The average molecular weight is 313 g/mol. The van der Waals surface area contributed by atoms with Crippen molar-refractivity contribution >= 4 is 12.2 Å². The van der Waals surface area contributed by atoms with E-state index >= 15 is 0 Å². The zero-order valence-corrected chi connectivity index (χ0v) is 14.7. The Morgan fingerprint density at radius 3 is 2.52 bits per heavy atom. The van der Waals surface area contributed by atoms with Crippen molar-refractivity contribution in [2.75, 3.05) is 5.73 Å². The summed E-state index contributed by atoms with van der Waals surface area (Å²) in [5, 5.41) is 4.38. The maximum Gasteiger partial charge on any atom is 0.221 e. The number of hydrogen-bond acceptors (Lipinski definition) is 4. The molecular weight excluding hydrogens is 286 g/mol. The third-order valence-corrected chi connectivity index (χ3v) is 3.81. The molecule has 1 heterocycles. The summed E-state index contributed by atoms with van der Waals surface area (Å²) in [6.07, 6.45) is 3.63. The Kier molecular flexibility index (Phi) is 5.55. The van der Waals surface area contributed by atoms with Crippen molar-refractivity contribution < 1.29 is 0 Å². The number of nitrogens with zero attached hydrogens (tertiary/aromatic N) is 4. The van der Waals surface area contributed by atoms with Crippen LogP contribution in [0.1, 0.15) is 44.5 Å². The molecule has 0 aliphatic rings. The van der Waals surface area contributed by atoms with Gasteiger partial charge in [-0.05, 0) is 51.8 Å². The molecule has 2 aromatic rings. The van der Waals surface area contributed by atoms with Crippen LogP contribution in [-0.4, -0.2) is 32.9 Å². The minimum Gasteiger partial charge on any atom is -0.368 e. The lowest BCUT2D eigenvalue weighted by Gasteiger charge is -2.30. The predicted octanol–water partition coefficient (Wildman–Crippen LogP) is 3.27. The number of nitrogens with two attached hydrogens (primary N) is 1. The molecule has 0 radical (unpaired) electrons. The first-order valence-electron chi connectivity index (χ1n) is 8.07. The van der Waals surface area contributed by atoms with Crippen LogP contribution >= 0.6 is 0 Å². The molecule has 0 aliphatic carbocycles. The Labute approximate surface area is 138 Å². The van der Waals surface area contributed by atoms with Crippen LogP contribution in [0.3, 0.4) is 0 Å². The Bertz CT molecular complexity index is 662. The van der Waals surface area contributed by atoms with E-state index in [1.165, 1.54) is 5.56 Å². The number of anilines is 1. The van der Waals surface area contributed by atoms with Crippen LogP contribution in [0, 0.1) is 6.92 Å². The monoisotopic (exact) mass is 313 g/mol. The highest BCUT2D eigenvalue weighted by Gasteiger charge is 2.13. The number of aryl methyl sites for hydroxylation is 1. The van der Waals surface area contributed by atoms with Crippen molar-refractivity contribution in [2.45, 2.75) is 53.2 Å². The van der Waals surface area contributed by atoms with Gasteiger partial charge in [-0.3, -0.25) is 4.90 Å². The summed E-state index contributed by atoms with van der Waals surface area (Å²) < 4.78 is 1.59. The van der Waals surface area contributed by atoms with Crippen LogP contribution in [-0.2, 0) is 6.54 Å². The molecule has 0 saturated heterocycles. The van der Waals surface area contributed by atoms with Gasteiger partial charge in [0.2, 0.25) is 5.95 Å². The zero-order chi connectivity index (χ0) is 17.0. The number of benzene rings is 1. The van der Waals surface area contributed by atoms with Crippen molar-refractivity contribution in [3.05, 3.63) is 47.3 Å². The first-order valence-corrected chi connectivity index (χ1v) is 8.07. The zero-order valence-electron chi connectivity index (χ0n) is 14.7. The molecule has 2 rings (SSSR count). The summed E-state index contributed by atoms with van der Waals surface area (Å²) in [6.45, 7) is 11.8. The van der Waals surface area contributed by atoms with Gasteiger partial charge in [-0.1, -0.05) is 18.2 Å². The van der Waals surface area contributed by atoms with Gasteiger partial charge in [0, 0.05) is 18.6 Å². The van der Waals surface area contributed by atoms with E-state index < -0.39 is 0 Å². The van der Waals surface area contributed by atoms with Crippen LogP contribution in [0.4, 0.5) is 5.95 Å². The molecule has 0 unspecified atom stereocenters. The van der Waals surface area contributed by atoms with Crippen LogP contribution in [0.25, 0.3) is 0 Å². The SMILES string of the molecule is Cc1cn(N=Cc2cccc(CN(C(C)C)C(C)C)c2)c(N)n1. The number of nitrogen functional groups attached to an aromatic ring is 1. The summed E-state index contributed by atoms with van der Waals surface area (Å²) >= 11 is 0. The fourth-order valence-electron chi connectivity index (χ4n) is 2.67. The van der Waals surface area contributed by atoms with E-state index in [4.69, 9.17) is 5.73 Å². The van der Waals surface area contributed by atoms with Crippen molar-refractivity contribution in [1.82, 2.24) is 14.6 Å². The molecule has 5 heteroatoms. The Balaban J connectivity index is 2.15. The largest absolute Gasteiger partial charge is 0.368 e. The van der Waals surface area contributed by atoms with Crippen molar-refractivity contribution in [3.8, 4) is 0 Å².